The number of hydrogen-bond acceptors (Lipinski definition) is 5. The van der Waals surface area contributed by atoms with Crippen LogP contribution in [0.15, 0.2) is 42.5 Å². The Morgan fingerprint density at radius 2 is 1.91 bits per heavy atom. The molecule has 1 amide bonds. The average Bonchev–Trinajstić information content (AvgIpc) is 2.58. The Morgan fingerprint density at radius 3 is 2.61 bits per heavy atom. The Kier molecular flexibility index (Phi) is 5.16. The first-order valence-electron chi connectivity index (χ1n) is 7.84. The monoisotopic (exact) mass is 312 g/mol. The topological polar surface area (TPSA) is 76.1 Å². The molecule has 0 atom stereocenters. The highest BCUT2D eigenvalue weighted by Crippen LogP contribution is 2.14. The van der Waals surface area contributed by atoms with Gasteiger partial charge < -0.3 is 15.4 Å². The predicted molar refractivity (Wildman–Crippen MR) is 87.3 cm³/mol. The summed E-state index contributed by atoms with van der Waals surface area (Å²) in [6.45, 7) is 1.93. The van der Waals surface area contributed by atoms with E-state index >= 15 is 0 Å². The summed E-state index contributed by atoms with van der Waals surface area (Å²) in [6.07, 6.45) is 2.44. The van der Waals surface area contributed by atoms with Gasteiger partial charge in [0.2, 0.25) is 11.8 Å². The van der Waals surface area contributed by atoms with Crippen LogP contribution >= 0.6 is 0 Å². The SMILES string of the molecule is O=C(Cc1ccccc1)Nc1ccc(OC2CCNCC2)nn1. The third-order valence-electron chi connectivity index (χ3n) is 3.69. The molecule has 2 heterocycles. The van der Waals surface area contributed by atoms with Gasteiger partial charge >= 0.3 is 0 Å². The largest absolute Gasteiger partial charge is 0.473 e. The minimum Gasteiger partial charge on any atom is -0.473 e. The van der Waals surface area contributed by atoms with Crippen molar-refractivity contribution in [2.45, 2.75) is 25.4 Å². The molecule has 0 spiro atoms. The maximum absolute atomic E-state index is 12.0. The van der Waals surface area contributed by atoms with Gasteiger partial charge in [-0.2, -0.15) is 0 Å². The van der Waals surface area contributed by atoms with Gasteiger partial charge in [-0.05, 0) is 37.6 Å². The third kappa shape index (κ3) is 4.75. The van der Waals surface area contributed by atoms with Crippen molar-refractivity contribution in [1.82, 2.24) is 15.5 Å². The quantitative estimate of drug-likeness (QED) is 0.880. The highest BCUT2D eigenvalue weighted by atomic mass is 16.5. The zero-order valence-corrected chi connectivity index (χ0v) is 12.9. The molecule has 1 fully saturated rings. The number of benzene rings is 1. The summed E-state index contributed by atoms with van der Waals surface area (Å²) in [5, 5.41) is 14.1. The van der Waals surface area contributed by atoms with Gasteiger partial charge in [-0.25, -0.2) is 0 Å². The maximum Gasteiger partial charge on any atom is 0.233 e. The molecule has 6 nitrogen and oxygen atoms in total. The van der Waals surface area contributed by atoms with Crippen LogP contribution in [0.3, 0.4) is 0 Å². The normalized spacial score (nSPS) is 15.1. The second kappa shape index (κ2) is 7.69. The first-order valence-corrected chi connectivity index (χ1v) is 7.84. The van der Waals surface area contributed by atoms with Crippen LogP contribution in [-0.2, 0) is 11.2 Å². The number of nitrogens with one attached hydrogen (secondary N) is 2. The van der Waals surface area contributed by atoms with E-state index in [9.17, 15) is 4.79 Å². The van der Waals surface area contributed by atoms with E-state index in [2.05, 4.69) is 20.8 Å². The molecule has 3 rings (SSSR count). The zero-order valence-electron chi connectivity index (χ0n) is 12.9. The summed E-state index contributed by atoms with van der Waals surface area (Å²) in [5.74, 6) is 0.819. The van der Waals surface area contributed by atoms with E-state index in [-0.39, 0.29) is 12.0 Å². The van der Waals surface area contributed by atoms with Crippen LogP contribution in [0.1, 0.15) is 18.4 Å². The number of piperidine rings is 1. The van der Waals surface area contributed by atoms with Crippen LogP contribution < -0.4 is 15.4 Å². The van der Waals surface area contributed by atoms with Crippen molar-refractivity contribution in [3.05, 3.63) is 48.0 Å². The van der Waals surface area contributed by atoms with Gasteiger partial charge in [0.05, 0.1) is 6.42 Å². The van der Waals surface area contributed by atoms with Crippen molar-refractivity contribution in [1.29, 1.82) is 0 Å². The van der Waals surface area contributed by atoms with Crippen LogP contribution in [0.25, 0.3) is 0 Å². The van der Waals surface area contributed by atoms with Crippen molar-refractivity contribution >= 4 is 11.7 Å². The van der Waals surface area contributed by atoms with E-state index in [1.54, 1.807) is 12.1 Å². The smallest absolute Gasteiger partial charge is 0.233 e. The number of carbonyl (C=O) groups excluding carboxylic acids is 1. The van der Waals surface area contributed by atoms with E-state index in [0.717, 1.165) is 31.5 Å². The second-order valence-electron chi connectivity index (χ2n) is 5.53. The molecule has 1 aliphatic heterocycles. The number of hydrogen-bond donors (Lipinski definition) is 2. The lowest BCUT2D eigenvalue weighted by Crippen LogP contribution is -2.34. The van der Waals surface area contributed by atoms with Crippen molar-refractivity contribution in [2.24, 2.45) is 0 Å². The summed E-state index contributed by atoms with van der Waals surface area (Å²) < 4.78 is 5.78. The molecule has 2 N–H and O–H groups in total. The standard InChI is InChI=1S/C17H20N4O2/c22-16(12-13-4-2-1-3-5-13)19-15-6-7-17(21-20-15)23-14-8-10-18-11-9-14/h1-7,14,18H,8-12H2,(H,19,20,22). The van der Waals surface area contributed by atoms with Crippen LogP contribution in [-0.4, -0.2) is 35.3 Å². The Balaban J connectivity index is 1.51. The highest BCUT2D eigenvalue weighted by Gasteiger charge is 2.15. The lowest BCUT2D eigenvalue weighted by Gasteiger charge is -2.22. The lowest BCUT2D eigenvalue weighted by atomic mass is 10.1. The first-order chi connectivity index (χ1) is 11.3. The molecule has 1 aromatic carbocycles. The number of carbonyl (C=O) groups is 1. The fourth-order valence-corrected chi connectivity index (χ4v) is 2.50. The van der Waals surface area contributed by atoms with Crippen molar-refractivity contribution in [3.63, 3.8) is 0 Å². The Hall–Kier alpha value is -2.47. The first kappa shape index (κ1) is 15.4. The summed E-state index contributed by atoms with van der Waals surface area (Å²) in [4.78, 5) is 12.0. The summed E-state index contributed by atoms with van der Waals surface area (Å²) in [5.41, 5.74) is 0.962. The summed E-state index contributed by atoms with van der Waals surface area (Å²) >= 11 is 0. The van der Waals surface area contributed by atoms with E-state index in [0.29, 0.717) is 18.1 Å². The molecule has 1 saturated heterocycles. The van der Waals surface area contributed by atoms with Crippen LogP contribution in [0.4, 0.5) is 5.82 Å². The third-order valence-corrected chi connectivity index (χ3v) is 3.69. The number of nitrogens with zero attached hydrogens (tertiary/aromatic N) is 2. The molecular formula is C17H20N4O2. The van der Waals surface area contributed by atoms with Gasteiger partial charge in [0.15, 0.2) is 5.82 Å². The van der Waals surface area contributed by atoms with E-state index in [1.807, 2.05) is 30.3 Å². The molecular weight excluding hydrogens is 292 g/mol. The fraction of sp³-hybridized carbons (Fsp3) is 0.353. The van der Waals surface area contributed by atoms with Crippen LogP contribution in [0, 0.1) is 0 Å². The van der Waals surface area contributed by atoms with Crippen LogP contribution in [0.2, 0.25) is 0 Å². The molecule has 0 radical (unpaired) electrons. The summed E-state index contributed by atoms with van der Waals surface area (Å²) in [7, 11) is 0. The minimum atomic E-state index is -0.113. The van der Waals surface area contributed by atoms with Gasteiger partial charge in [-0.15, -0.1) is 10.2 Å². The van der Waals surface area contributed by atoms with Crippen molar-refractivity contribution in [3.8, 4) is 5.88 Å². The average molecular weight is 312 g/mol. The van der Waals surface area contributed by atoms with E-state index in [4.69, 9.17) is 4.74 Å². The van der Waals surface area contributed by atoms with Gasteiger partial charge in [-0.3, -0.25) is 4.79 Å². The molecule has 0 aliphatic carbocycles. The predicted octanol–water partition coefficient (Wildman–Crippen LogP) is 1.79. The van der Waals surface area contributed by atoms with E-state index in [1.165, 1.54) is 0 Å². The number of amides is 1. The molecule has 0 unspecified atom stereocenters. The Morgan fingerprint density at radius 1 is 1.13 bits per heavy atom. The lowest BCUT2D eigenvalue weighted by molar-refractivity contribution is -0.115. The van der Waals surface area contributed by atoms with Gasteiger partial charge in [-0.1, -0.05) is 30.3 Å². The van der Waals surface area contributed by atoms with Crippen molar-refractivity contribution < 1.29 is 9.53 Å². The number of rotatable bonds is 5. The Bertz CT molecular complexity index is 625. The molecule has 0 saturated carbocycles. The molecule has 2 aromatic rings. The van der Waals surface area contributed by atoms with Crippen molar-refractivity contribution in [2.75, 3.05) is 18.4 Å². The minimum absolute atomic E-state index is 0.113. The molecule has 23 heavy (non-hydrogen) atoms. The fourth-order valence-electron chi connectivity index (χ4n) is 2.50. The summed E-state index contributed by atoms with van der Waals surface area (Å²) in [6, 6.07) is 13.0. The van der Waals surface area contributed by atoms with Crippen LogP contribution in [0.5, 0.6) is 5.88 Å². The van der Waals surface area contributed by atoms with E-state index < -0.39 is 0 Å². The number of anilines is 1. The Labute approximate surface area is 135 Å². The maximum atomic E-state index is 12.0. The molecule has 1 aliphatic rings. The molecule has 1 aromatic heterocycles. The van der Waals surface area contributed by atoms with Gasteiger partial charge in [0, 0.05) is 6.07 Å². The molecule has 6 heteroatoms. The molecule has 0 bridgehead atoms. The second-order valence-corrected chi connectivity index (χ2v) is 5.53. The zero-order chi connectivity index (χ0) is 15.9. The highest BCUT2D eigenvalue weighted by molar-refractivity contribution is 5.91. The number of aromatic nitrogens is 2. The van der Waals surface area contributed by atoms with Gasteiger partial charge in [0.1, 0.15) is 6.10 Å². The van der Waals surface area contributed by atoms with Gasteiger partial charge in [0.25, 0.3) is 0 Å². The molecule has 120 valence electrons. The number of ether oxygens (including phenoxy) is 1.